The monoisotopic (exact) mass is 509 g/mol. The molecule has 5 nitrogen and oxygen atoms in total. The van der Waals surface area contributed by atoms with E-state index in [4.69, 9.17) is 11.3 Å². The Kier molecular flexibility index (Phi) is 5.76. The molecule has 9 atom stereocenters. The molecule has 0 spiro atoms. The van der Waals surface area contributed by atoms with Gasteiger partial charge in [-0.05, 0) is 84.4 Å². The molecule has 0 aromatic heterocycles. The van der Waals surface area contributed by atoms with Crippen LogP contribution < -0.4 is 0 Å². The van der Waals surface area contributed by atoms with Crippen molar-refractivity contribution in [2.24, 2.45) is 56.2 Å². The molecule has 0 saturated heterocycles. The first-order valence-corrected chi connectivity index (χ1v) is 14.6. The van der Waals surface area contributed by atoms with Crippen molar-refractivity contribution in [3.05, 3.63) is 11.4 Å². The van der Waals surface area contributed by atoms with Crippen LogP contribution >= 0.6 is 0 Å². The van der Waals surface area contributed by atoms with E-state index in [1.165, 1.54) is 7.11 Å². The highest BCUT2D eigenvalue weighted by Gasteiger charge is 2.74. The maximum Gasteiger partial charge on any atom is 0.312 e. The molecule has 1 unspecified atom stereocenters. The molecule has 204 valence electrons. The van der Waals surface area contributed by atoms with E-state index < -0.39 is 16.9 Å². The van der Waals surface area contributed by atoms with Crippen LogP contribution in [0.25, 0.3) is 4.85 Å². The molecule has 5 aliphatic rings. The van der Waals surface area contributed by atoms with Crippen LogP contribution in [0.3, 0.4) is 0 Å². The quantitative estimate of drug-likeness (QED) is 0.292. The lowest BCUT2D eigenvalue weighted by molar-refractivity contribution is -0.236. The summed E-state index contributed by atoms with van der Waals surface area (Å²) in [6.07, 6.45) is 7.36. The van der Waals surface area contributed by atoms with Gasteiger partial charge in [0.1, 0.15) is 5.78 Å². The number of carbonyl (C=O) groups is 3. The van der Waals surface area contributed by atoms with Crippen molar-refractivity contribution >= 4 is 17.5 Å². The second-order valence-electron chi connectivity index (χ2n) is 15.7. The maximum absolute atomic E-state index is 14.5. The highest BCUT2D eigenvalue weighted by atomic mass is 16.5. The van der Waals surface area contributed by atoms with E-state index >= 15 is 0 Å². The first-order valence-electron chi connectivity index (χ1n) is 14.6. The van der Waals surface area contributed by atoms with E-state index in [1.807, 2.05) is 13.8 Å². The van der Waals surface area contributed by atoms with Crippen LogP contribution in [0.15, 0.2) is 0 Å². The lowest BCUT2D eigenvalue weighted by Crippen LogP contribution is -2.70. The highest BCUT2D eigenvalue weighted by Crippen LogP contribution is 2.76. The first kappa shape index (κ1) is 26.9. The molecule has 5 fully saturated rings. The average Bonchev–Trinajstić information content (AvgIpc) is 2.82. The van der Waals surface area contributed by atoms with Crippen molar-refractivity contribution in [2.45, 2.75) is 112 Å². The molecule has 0 aromatic carbocycles. The average molecular weight is 510 g/mol. The number of esters is 1. The molecule has 0 aliphatic heterocycles. The van der Waals surface area contributed by atoms with Crippen LogP contribution in [0, 0.1) is 62.7 Å². The Morgan fingerprint density at radius 3 is 2.16 bits per heavy atom. The summed E-state index contributed by atoms with van der Waals surface area (Å²) in [4.78, 5) is 45.0. The first-order chi connectivity index (χ1) is 17.0. The molecule has 5 aliphatic carbocycles. The van der Waals surface area contributed by atoms with Gasteiger partial charge in [0.15, 0.2) is 0 Å². The fraction of sp³-hybridized carbons (Fsp3) is 0.875. The third kappa shape index (κ3) is 3.23. The lowest BCUT2D eigenvalue weighted by Gasteiger charge is -2.72. The van der Waals surface area contributed by atoms with Crippen LogP contribution in [-0.4, -0.2) is 30.7 Å². The third-order valence-corrected chi connectivity index (χ3v) is 13.5. The van der Waals surface area contributed by atoms with Crippen molar-refractivity contribution < 1.29 is 19.1 Å². The summed E-state index contributed by atoms with van der Waals surface area (Å²) >= 11 is 0. The van der Waals surface area contributed by atoms with Gasteiger partial charge < -0.3 is 9.58 Å². The van der Waals surface area contributed by atoms with Crippen molar-refractivity contribution in [1.29, 1.82) is 0 Å². The van der Waals surface area contributed by atoms with Crippen molar-refractivity contribution in [3.8, 4) is 0 Å². The summed E-state index contributed by atoms with van der Waals surface area (Å²) < 4.78 is 5.43. The molecule has 0 amide bonds. The van der Waals surface area contributed by atoms with Gasteiger partial charge in [-0.2, -0.15) is 0 Å². The van der Waals surface area contributed by atoms with Gasteiger partial charge in [-0.1, -0.05) is 48.5 Å². The highest BCUT2D eigenvalue weighted by molar-refractivity contribution is 5.92. The summed E-state index contributed by atoms with van der Waals surface area (Å²) in [6, 6.07) is -0.614. The number of nitrogens with zero attached hydrogens (tertiary/aromatic N) is 1. The number of methoxy groups -OCH3 is 1. The predicted octanol–water partition coefficient (Wildman–Crippen LogP) is 6.69. The molecule has 0 aromatic rings. The fourth-order valence-electron chi connectivity index (χ4n) is 11.3. The molecule has 0 bridgehead atoms. The number of ether oxygens (including phenoxy) is 1. The van der Waals surface area contributed by atoms with Gasteiger partial charge in [-0.15, -0.1) is 0 Å². The van der Waals surface area contributed by atoms with Gasteiger partial charge in [0.25, 0.3) is 6.04 Å². The topological polar surface area (TPSA) is 64.8 Å². The van der Waals surface area contributed by atoms with E-state index in [1.54, 1.807) is 0 Å². The van der Waals surface area contributed by atoms with Crippen molar-refractivity contribution in [2.75, 3.05) is 7.11 Å². The van der Waals surface area contributed by atoms with E-state index in [-0.39, 0.29) is 57.1 Å². The molecule has 5 rings (SSSR count). The van der Waals surface area contributed by atoms with Crippen LogP contribution in [0.1, 0.15) is 106 Å². The second kappa shape index (κ2) is 7.92. The molecule has 37 heavy (non-hydrogen) atoms. The number of carbonyl (C=O) groups excluding carboxylic acids is 3. The van der Waals surface area contributed by atoms with E-state index in [0.29, 0.717) is 18.6 Å². The summed E-state index contributed by atoms with van der Waals surface area (Å²) in [5.41, 5.74) is -1.53. The lowest BCUT2D eigenvalue weighted by atomic mass is 9.31. The Morgan fingerprint density at radius 1 is 0.892 bits per heavy atom. The molecule has 0 radical (unpaired) electrons. The molecule has 5 heteroatoms. The minimum atomic E-state index is -0.614. The summed E-state index contributed by atoms with van der Waals surface area (Å²) in [5.74, 6) is 0.490. The third-order valence-electron chi connectivity index (χ3n) is 13.5. The Morgan fingerprint density at radius 2 is 1.54 bits per heavy atom. The number of hydrogen-bond donors (Lipinski definition) is 0. The zero-order valence-electron chi connectivity index (χ0n) is 24.3. The summed E-state index contributed by atoms with van der Waals surface area (Å²) in [6.45, 7) is 23.6. The van der Waals surface area contributed by atoms with Gasteiger partial charge in [-0.3, -0.25) is 14.4 Å². The second-order valence-corrected chi connectivity index (χ2v) is 15.7. The van der Waals surface area contributed by atoms with Gasteiger partial charge in [0.05, 0.1) is 12.5 Å². The smallest absolute Gasteiger partial charge is 0.312 e. The molecule has 5 saturated carbocycles. The minimum absolute atomic E-state index is 0.0126. The predicted molar refractivity (Wildman–Crippen MR) is 142 cm³/mol. The van der Waals surface area contributed by atoms with E-state index in [2.05, 4.69) is 39.5 Å². The molecule has 0 heterocycles. The minimum Gasteiger partial charge on any atom is -0.469 e. The van der Waals surface area contributed by atoms with E-state index in [0.717, 1.165) is 44.9 Å². The van der Waals surface area contributed by atoms with Crippen molar-refractivity contribution in [1.82, 2.24) is 0 Å². The Balaban J connectivity index is 1.61. The Bertz CT molecular complexity index is 1080. The van der Waals surface area contributed by atoms with Crippen LogP contribution in [0.4, 0.5) is 0 Å². The number of ketones is 2. The van der Waals surface area contributed by atoms with Gasteiger partial charge >= 0.3 is 5.97 Å². The fourth-order valence-corrected chi connectivity index (χ4v) is 11.3. The molecular formula is C32H47NO4. The normalized spacial score (nSPS) is 50.0. The van der Waals surface area contributed by atoms with Gasteiger partial charge in [0, 0.05) is 24.2 Å². The van der Waals surface area contributed by atoms with E-state index in [9.17, 15) is 14.4 Å². The standard InChI is InChI=1S/C32H47NO4/c1-27(2)12-14-32(26(36)37-9)15-13-31(7)24(19(32)17-27)21(34)16-23-29(5)18-20(33-8)25(35)28(3,4)22(29)10-11-30(23,31)6/h19-20,22-24H,10-18H2,1-7,9H3/t19-,20?,22-,23+,24-,29-,30+,31+,32-/m0/s1. The zero-order valence-corrected chi connectivity index (χ0v) is 24.3. The van der Waals surface area contributed by atoms with Crippen LogP contribution in [-0.2, 0) is 19.1 Å². The molecular weight excluding hydrogens is 462 g/mol. The number of Topliss-reactive ketones (excluding diaryl/α,β-unsaturated/α-hetero) is 2. The summed E-state index contributed by atoms with van der Waals surface area (Å²) in [5, 5.41) is 0. The van der Waals surface area contributed by atoms with Gasteiger partial charge in [0.2, 0.25) is 5.78 Å². The van der Waals surface area contributed by atoms with Gasteiger partial charge in [-0.25, -0.2) is 6.57 Å². The number of fused-ring (bicyclic) bond motifs is 7. The number of rotatable bonds is 1. The van der Waals surface area contributed by atoms with Crippen LogP contribution in [0.5, 0.6) is 0 Å². The zero-order chi connectivity index (χ0) is 27.4. The Labute approximate surface area is 223 Å². The van der Waals surface area contributed by atoms with Crippen molar-refractivity contribution in [3.63, 3.8) is 0 Å². The van der Waals surface area contributed by atoms with Crippen LogP contribution in [0.2, 0.25) is 0 Å². The largest absolute Gasteiger partial charge is 0.469 e. The summed E-state index contributed by atoms with van der Waals surface area (Å²) in [7, 11) is 1.50. The molecule has 0 N–H and O–H groups in total. The number of hydrogen-bond acceptors (Lipinski definition) is 4. The maximum atomic E-state index is 14.5. The SMILES string of the molecule is [C-]#[N+]C1C[C@]2(C)[C@H]3CC(=O)[C@@H]4[C@@H]5CC(C)(C)CC[C@]5(C(=O)OC)CC[C@@]4(C)[C@]3(C)CC[C@H]2C(C)(C)C1=O. The Hall–Kier alpha value is -1.70.